The highest BCUT2D eigenvalue weighted by Gasteiger charge is 2.87. The van der Waals surface area contributed by atoms with Crippen LogP contribution in [0.15, 0.2) is 0 Å². The molecule has 0 rings (SSSR count). The third kappa shape index (κ3) is 2.49. The van der Waals surface area contributed by atoms with Gasteiger partial charge in [-0.25, -0.2) is 0 Å². The van der Waals surface area contributed by atoms with Crippen LogP contribution in [0.5, 0.6) is 0 Å². The van der Waals surface area contributed by atoms with Gasteiger partial charge in [-0.05, 0) is 0 Å². The molecule has 0 aliphatic heterocycles. The van der Waals surface area contributed by atoms with Gasteiger partial charge in [-0.15, -0.1) is 0 Å². The van der Waals surface area contributed by atoms with E-state index < -0.39 is 56.2 Å². The minimum absolute atomic E-state index is 0.690. The summed E-state index contributed by atoms with van der Waals surface area (Å²) < 4.78 is 129. The molecular formula is C6F11IO. The topological polar surface area (TPSA) is 17.1 Å². The maximum absolute atomic E-state index is 12.5. The fourth-order valence-corrected chi connectivity index (χ4v) is 1.03. The lowest BCUT2D eigenvalue weighted by Crippen LogP contribution is -2.67. The van der Waals surface area contributed by atoms with Crippen LogP contribution in [0.3, 0.4) is 0 Å². The average molecular weight is 424 g/mol. The molecule has 0 aliphatic rings. The number of carbonyl (C=O) groups is 1. The number of carbonyl (C=O) groups excluding carboxylic acids is 1. The standard InChI is InChI=1S/C6F11IO/c7-1(19)2(8,9)3(10,11)4(12,13)5(14,15)6(16,17)18. The van der Waals surface area contributed by atoms with E-state index in [-0.39, 0.29) is 0 Å². The summed E-state index contributed by atoms with van der Waals surface area (Å²) in [5, 5.41) is 0. The molecule has 0 aromatic heterocycles. The molecule has 0 aromatic carbocycles. The maximum atomic E-state index is 12.5. The Kier molecular flexibility index (Phi) is 4.49. The molecule has 0 amide bonds. The lowest BCUT2D eigenvalue weighted by atomic mass is 9.99. The second-order valence-electron chi connectivity index (χ2n) is 3.07. The largest absolute Gasteiger partial charge is 0.404 e. The molecule has 19 heavy (non-hydrogen) atoms. The van der Waals surface area contributed by atoms with Crippen LogP contribution in [0, 0.1) is 0 Å². The lowest BCUT2D eigenvalue weighted by Gasteiger charge is -2.36. The van der Waals surface area contributed by atoms with Crippen molar-refractivity contribution in [3.8, 4) is 0 Å². The maximum Gasteiger partial charge on any atom is 0.404 e. The Hall–Kier alpha value is -0.370. The third-order valence-electron chi connectivity index (χ3n) is 1.79. The molecule has 114 valence electrons. The Morgan fingerprint density at radius 2 is 1.00 bits per heavy atom. The van der Waals surface area contributed by atoms with E-state index in [1.54, 1.807) is 0 Å². The zero-order chi connectivity index (χ0) is 16.1. The van der Waals surface area contributed by atoms with E-state index in [1.807, 2.05) is 0 Å². The average Bonchev–Trinajstić information content (AvgIpc) is 2.14. The second-order valence-corrected chi connectivity index (χ2v) is 4.42. The van der Waals surface area contributed by atoms with Crippen LogP contribution in [0.4, 0.5) is 48.3 Å². The first kappa shape index (κ1) is 18.6. The van der Waals surface area contributed by atoms with Gasteiger partial charge in [0.25, 0.3) is 0 Å². The van der Waals surface area contributed by atoms with Gasteiger partial charge >= 0.3 is 33.7 Å². The van der Waals surface area contributed by atoms with Gasteiger partial charge in [0.2, 0.25) is 0 Å². The van der Waals surface area contributed by atoms with Crippen LogP contribution >= 0.6 is 22.6 Å². The second kappa shape index (κ2) is 4.58. The van der Waals surface area contributed by atoms with E-state index in [9.17, 15) is 53.1 Å². The van der Waals surface area contributed by atoms with E-state index in [4.69, 9.17) is 0 Å². The molecule has 0 aliphatic carbocycles. The Balaban J connectivity index is 5.99. The Labute approximate surface area is 110 Å². The minimum Gasteiger partial charge on any atom is -0.254 e. The van der Waals surface area contributed by atoms with Crippen LogP contribution < -0.4 is 0 Å². The van der Waals surface area contributed by atoms with Crippen molar-refractivity contribution in [2.75, 3.05) is 0 Å². The van der Waals surface area contributed by atoms with Crippen molar-refractivity contribution < 1.29 is 53.1 Å². The molecule has 0 spiro atoms. The molecule has 0 aromatic rings. The van der Waals surface area contributed by atoms with Crippen LogP contribution in [0.1, 0.15) is 0 Å². The van der Waals surface area contributed by atoms with E-state index in [1.165, 1.54) is 0 Å². The van der Waals surface area contributed by atoms with Gasteiger partial charge < -0.3 is 0 Å². The van der Waals surface area contributed by atoms with E-state index in [0.717, 1.165) is 0 Å². The van der Waals surface area contributed by atoms with Crippen LogP contribution in [-0.2, 0) is 4.79 Å². The fourth-order valence-electron chi connectivity index (χ4n) is 0.696. The molecule has 0 atom stereocenters. The number of halogens is 12. The Morgan fingerprint density at radius 3 is 1.21 bits per heavy atom. The van der Waals surface area contributed by atoms with Crippen molar-refractivity contribution in [2.24, 2.45) is 0 Å². The van der Waals surface area contributed by atoms with Gasteiger partial charge in [0.15, 0.2) is 0 Å². The Bertz CT molecular complexity index is 370. The van der Waals surface area contributed by atoms with Gasteiger partial charge in [0.1, 0.15) is 0 Å². The summed E-state index contributed by atoms with van der Waals surface area (Å²) in [4.78, 5) is 9.47. The van der Waals surface area contributed by atoms with Crippen LogP contribution in [0.25, 0.3) is 0 Å². The predicted octanol–water partition coefficient (Wildman–Crippen LogP) is 4.05. The summed E-state index contributed by atoms with van der Waals surface area (Å²) in [6.45, 7) is 0. The SMILES string of the molecule is O=C(F)C(F)(F)C(F)(F)C(F)(F)C(F)(F)C(F)(F)I. The molecule has 0 unspecified atom stereocenters. The molecule has 0 fully saturated rings. The van der Waals surface area contributed by atoms with Crippen molar-refractivity contribution in [3.63, 3.8) is 0 Å². The van der Waals surface area contributed by atoms with Gasteiger partial charge in [0.05, 0.1) is 0 Å². The molecule has 0 saturated carbocycles. The zero-order valence-electron chi connectivity index (χ0n) is 7.94. The van der Waals surface area contributed by atoms with Crippen LogP contribution in [-0.4, -0.2) is 33.7 Å². The highest BCUT2D eigenvalue weighted by Crippen LogP contribution is 2.58. The fraction of sp³-hybridized carbons (Fsp3) is 0.833. The highest BCUT2D eigenvalue weighted by atomic mass is 127. The molecule has 0 heterocycles. The molecular weight excluding hydrogens is 424 g/mol. The quantitative estimate of drug-likeness (QED) is 0.282. The zero-order valence-corrected chi connectivity index (χ0v) is 10.1. The summed E-state index contributed by atoms with van der Waals surface area (Å²) in [7, 11) is 0. The summed E-state index contributed by atoms with van der Waals surface area (Å²) in [5.41, 5.74) is 0. The normalized spacial score (nSPS) is 15.6. The molecule has 13 heteroatoms. The number of hydrogen-bond donors (Lipinski definition) is 0. The number of hydrogen-bond acceptors (Lipinski definition) is 1. The van der Waals surface area contributed by atoms with Crippen molar-refractivity contribution in [2.45, 2.75) is 27.6 Å². The molecule has 0 bridgehead atoms. The first-order valence-corrected chi connectivity index (χ1v) is 4.80. The summed E-state index contributed by atoms with van der Waals surface area (Å²) in [5.74, 6) is -28.6. The monoisotopic (exact) mass is 424 g/mol. The summed E-state index contributed by atoms with van der Waals surface area (Å²) >= 11 is -0.690. The van der Waals surface area contributed by atoms with E-state index >= 15 is 0 Å². The summed E-state index contributed by atoms with van der Waals surface area (Å²) in [6, 6.07) is -4.37. The lowest BCUT2D eigenvalue weighted by molar-refractivity contribution is -0.379. The van der Waals surface area contributed by atoms with Crippen molar-refractivity contribution >= 4 is 28.6 Å². The first-order valence-electron chi connectivity index (χ1n) is 3.72. The van der Waals surface area contributed by atoms with Gasteiger partial charge in [-0.2, -0.15) is 48.3 Å². The Morgan fingerprint density at radius 1 is 0.684 bits per heavy atom. The smallest absolute Gasteiger partial charge is 0.254 e. The molecule has 0 saturated heterocycles. The molecule has 0 N–H and O–H groups in total. The van der Waals surface area contributed by atoms with Gasteiger partial charge in [0, 0.05) is 22.6 Å². The van der Waals surface area contributed by atoms with Crippen molar-refractivity contribution in [1.29, 1.82) is 0 Å². The summed E-state index contributed by atoms with van der Waals surface area (Å²) in [6.07, 6.45) is 0. The predicted molar refractivity (Wildman–Crippen MR) is 44.9 cm³/mol. The highest BCUT2D eigenvalue weighted by molar-refractivity contribution is 14.1. The number of rotatable bonds is 5. The van der Waals surface area contributed by atoms with Crippen molar-refractivity contribution in [3.05, 3.63) is 0 Å². The van der Waals surface area contributed by atoms with Crippen LogP contribution in [0.2, 0.25) is 0 Å². The number of alkyl halides is 11. The van der Waals surface area contributed by atoms with E-state index in [0.29, 0.717) is 0 Å². The van der Waals surface area contributed by atoms with Gasteiger partial charge in [-0.1, -0.05) is 0 Å². The molecule has 1 nitrogen and oxygen atoms in total. The third-order valence-corrected chi connectivity index (χ3v) is 2.46. The van der Waals surface area contributed by atoms with Gasteiger partial charge in [-0.3, -0.25) is 4.79 Å². The minimum atomic E-state index is -7.39. The van der Waals surface area contributed by atoms with Crippen molar-refractivity contribution in [1.82, 2.24) is 0 Å². The molecule has 0 radical (unpaired) electrons. The van der Waals surface area contributed by atoms with E-state index in [2.05, 4.69) is 0 Å². The first-order chi connectivity index (χ1) is 7.94.